The van der Waals surface area contributed by atoms with Crippen molar-refractivity contribution in [2.45, 2.75) is 52.0 Å². The number of aliphatic carboxylic acids is 1. The second-order valence-corrected chi connectivity index (χ2v) is 7.06. The molecule has 1 aromatic heterocycles. The van der Waals surface area contributed by atoms with Gasteiger partial charge in [-0.15, -0.1) is 0 Å². The second-order valence-electron chi connectivity index (χ2n) is 6.33. The number of hydrogen-bond acceptors (Lipinski definition) is 5. The summed E-state index contributed by atoms with van der Waals surface area (Å²) in [7, 11) is 0. The second kappa shape index (κ2) is 5.07. The molecule has 5 nitrogen and oxygen atoms in total. The van der Waals surface area contributed by atoms with Crippen molar-refractivity contribution in [3.8, 4) is 0 Å². The highest BCUT2D eigenvalue weighted by Gasteiger charge is 2.34. The van der Waals surface area contributed by atoms with Gasteiger partial charge in [0.2, 0.25) is 5.13 Å². The van der Waals surface area contributed by atoms with Crippen LogP contribution >= 0.6 is 11.5 Å². The van der Waals surface area contributed by atoms with Crippen LogP contribution in [0.25, 0.3) is 0 Å². The van der Waals surface area contributed by atoms with Crippen LogP contribution in [0.1, 0.15) is 46.4 Å². The molecule has 2 heterocycles. The standard InChI is InChI=1S/C13H21N3O2S/c1-8-5-6-16(9(7-8)10(17)18)12-14-11(15-19-12)13(2,3)4/h8-9H,5-7H2,1-4H3,(H,17,18). The van der Waals surface area contributed by atoms with E-state index in [2.05, 4.69) is 37.1 Å². The Hall–Kier alpha value is -1.17. The van der Waals surface area contributed by atoms with Crippen LogP contribution in [-0.2, 0) is 10.2 Å². The lowest BCUT2D eigenvalue weighted by Crippen LogP contribution is -2.47. The number of aromatic nitrogens is 2. The number of anilines is 1. The van der Waals surface area contributed by atoms with Crippen molar-refractivity contribution in [3.05, 3.63) is 5.82 Å². The summed E-state index contributed by atoms with van der Waals surface area (Å²) in [5.41, 5.74) is -0.101. The lowest BCUT2D eigenvalue weighted by Gasteiger charge is -2.35. The Morgan fingerprint density at radius 1 is 1.47 bits per heavy atom. The first-order valence-electron chi connectivity index (χ1n) is 6.62. The van der Waals surface area contributed by atoms with E-state index in [1.807, 2.05) is 4.90 Å². The van der Waals surface area contributed by atoms with Gasteiger partial charge in [0.15, 0.2) is 0 Å². The molecule has 2 rings (SSSR count). The maximum atomic E-state index is 11.4. The molecule has 0 aromatic carbocycles. The average Bonchev–Trinajstić information content (AvgIpc) is 2.77. The summed E-state index contributed by atoms with van der Waals surface area (Å²) in [6.45, 7) is 9.04. The van der Waals surface area contributed by atoms with Gasteiger partial charge in [0, 0.05) is 23.5 Å². The minimum atomic E-state index is -0.765. The molecule has 1 N–H and O–H groups in total. The molecule has 0 amide bonds. The highest BCUT2D eigenvalue weighted by molar-refractivity contribution is 7.09. The molecule has 0 spiro atoms. The Labute approximate surface area is 117 Å². The molecule has 1 aromatic rings. The van der Waals surface area contributed by atoms with Gasteiger partial charge in [0.05, 0.1) is 0 Å². The zero-order chi connectivity index (χ0) is 14.2. The number of nitrogens with zero attached hydrogens (tertiary/aromatic N) is 3. The summed E-state index contributed by atoms with van der Waals surface area (Å²) in [6.07, 6.45) is 1.69. The lowest BCUT2D eigenvalue weighted by molar-refractivity contribution is -0.139. The van der Waals surface area contributed by atoms with Crippen LogP contribution in [0.15, 0.2) is 0 Å². The largest absolute Gasteiger partial charge is 0.480 e. The van der Waals surface area contributed by atoms with E-state index in [9.17, 15) is 9.90 Å². The SMILES string of the molecule is CC1CCN(c2nc(C(C)(C)C)ns2)C(C(=O)O)C1. The van der Waals surface area contributed by atoms with Crippen LogP contribution in [0.2, 0.25) is 0 Å². The Kier molecular flexibility index (Phi) is 3.80. The van der Waals surface area contributed by atoms with Gasteiger partial charge in [0.1, 0.15) is 11.9 Å². The normalized spacial score (nSPS) is 24.5. The number of hydrogen-bond donors (Lipinski definition) is 1. The summed E-state index contributed by atoms with van der Waals surface area (Å²) >= 11 is 1.31. The van der Waals surface area contributed by atoms with Crippen molar-refractivity contribution >= 4 is 22.6 Å². The Bertz CT molecular complexity index is 467. The summed E-state index contributed by atoms with van der Waals surface area (Å²) in [6, 6.07) is -0.468. The van der Waals surface area contributed by atoms with Gasteiger partial charge in [-0.05, 0) is 18.8 Å². The third kappa shape index (κ3) is 3.05. The van der Waals surface area contributed by atoms with Crippen molar-refractivity contribution < 1.29 is 9.90 Å². The smallest absolute Gasteiger partial charge is 0.326 e. The molecule has 2 unspecified atom stereocenters. The first kappa shape index (κ1) is 14.2. The van der Waals surface area contributed by atoms with Gasteiger partial charge in [-0.25, -0.2) is 9.78 Å². The summed E-state index contributed by atoms with van der Waals surface area (Å²) < 4.78 is 4.37. The minimum absolute atomic E-state index is 0.101. The van der Waals surface area contributed by atoms with E-state index in [1.165, 1.54) is 11.5 Å². The Morgan fingerprint density at radius 2 is 2.16 bits per heavy atom. The molecule has 19 heavy (non-hydrogen) atoms. The van der Waals surface area contributed by atoms with Crippen LogP contribution in [0.5, 0.6) is 0 Å². The van der Waals surface area contributed by atoms with Crippen molar-refractivity contribution in [1.82, 2.24) is 9.36 Å². The molecule has 0 bridgehead atoms. The molecule has 106 valence electrons. The molecule has 1 aliphatic rings. The molecule has 1 fully saturated rings. The van der Waals surface area contributed by atoms with Crippen LogP contribution in [0.3, 0.4) is 0 Å². The van der Waals surface area contributed by atoms with E-state index in [0.717, 1.165) is 23.9 Å². The molecular formula is C13H21N3O2S. The summed E-state index contributed by atoms with van der Waals surface area (Å²) in [4.78, 5) is 17.8. The van der Waals surface area contributed by atoms with Crippen molar-refractivity contribution in [2.75, 3.05) is 11.4 Å². The first-order valence-corrected chi connectivity index (χ1v) is 7.40. The van der Waals surface area contributed by atoms with Crippen LogP contribution in [0, 0.1) is 5.92 Å². The maximum absolute atomic E-state index is 11.4. The molecule has 1 saturated heterocycles. The lowest BCUT2D eigenvalue weighted by atomic mass is 9.93. The Morgan fingerprint density at radius 3 is 2.68 bits per heavy atom. The molecule has 0 aliphatic carbocycles. The quantitative estimate of drug-likeness (QED) is 0.903. The van der Waals surface area contributed by atoms with E-state index in [4.69, 9.17) is 0 Å². The number of carbonyl (C=O) groups is 1. The fourth-order valence-electron chi connectivity index (χ4n) is 2.24. The monoisotopic (exact) mass is 283 g/mol. The number of rotatable bonds is 2. The third-order valence-electron chi connectivity index (χ3n) is 3.48. The van der Waals surface area contributed by atoms with Crippen molar-refractivity contribution in [3.63, 3.8) is 0 Å². The maximum Gasteiger partial charge on any atom is 0.326 e. The number of carboxylic acid groups (broad SMARTS) is 1. The van der Waals surface area contributed by atoms with E-state index in [-0.39, 0.29) is 5.41 Å². The third-order valence-corrected chi connectivity index (χ3v) is 4.23. The van der Waals surface area contributed by atoms with Gasteiger partial charge in [-0.1, -0.05) is 27.7 Å². The number of carboxylic acids is 1. The van der Waals surface area contributed by atoms with Gasteiger partial charge in [-0.2, -0.15) is 4.37 Å². The zero-order valence-corrected chi connectivity index (χ0v) is 12.7. The van der Waals surface area contributed by atoms with Crippen molar-refractivity contribution in [1.29, 1.82) is 0 Å². The van der Waals surface area contributed by atoms with Crippen LogP contribution in [0.4, 0.5) is 5.13 Å². The molecular weight excluding hydrogens is 262 g/mol. The highest BCUT2D eigenvalue weighted by atomic mass is 32.1. The van der Waals surface area contributed by atoms with E-state index < -0.39 is 12.0 Å². The summed E-state index contributed by atoms with van der Waals surface area (Å²) in [5.74, 6) is 0.474. The average molecular weight is 283 g/mol. The van der Waals surface area contributed by atoms with E-state index in [1.54, 1.807) is 0 Å². The van der Waals surface area contributed by atoms with Gasteiger partial charge < -0.3 is 10.0 Å². The molecule has 6 heteroatoms. The van der Waals surface area contributed by atoms with E-state index in [0.29, 0.717) is 12.3 Å². The van der Waals surface area contributed by atoms with Gasteiger partial charge in [0.25, 0.3) is 0 Å². The Balaban J connectivity index is 2.24. The fraction of sp³-hybridized carbons (Fsp3) is 0.769. The zero-order valence-electron chi connectivity index (χ0n) is 11.9. The molecule has 1 aliphatic heterocycles. The minimum Gasteiger partial charge on any atom is -0.480 e. The predicted octanol–water partition coefficient (Wildman–Crippen LogP) is 2.53. The van der Waals surface area contributed by atoms with Gasteiger partial charge in [-0.3, -0.25) is 0 Å². The van der Waals surface area contributed by atoms with Crippen LogP contribution in [-0.4, -0.2) is 33.0 Å². The predicted molar refractivity (Wildman–Crippen MR) is 75.8 cm³/mol. The first-order chi connectivity index (χ1) is 8.79. The molecule has 2 atom stereocenters. The fourth-order valence-corrected chi connectivity index (χ4v) is 3.17. The van der Waals surface area contributed by atoms with Gasteiger partial charge >= 0.3 is 5.97 Å². The topological polar surface area (TPSA) is 66.3 Å². The molecule has 0 radical (unpaired) electrons. The highest BCUT2D eigenvalue weighted by Crippen LogP contribution is 2.31. The van der Waals surface area contributed by atoms with Crippen LogP contribution < -0.4 is 4.90 Å². The van der Waals surface area contributed by atoms with Crippen molar-refractivity contribution in [2.24, 2.45) is 5.92 Å². The number of piperidine rings is 1. The molecule has 0 saturated carbocycles. The van der Waals surface area contributed by atoms with E-state index >= 15 is 0 Å². The summed E-state index contributed by atoms with van der Waals surface area (Å²) in [5, 5.41) is 10.1.